The first-order valence-corrected chi connectivity index (χ1v) is 10.3. The Morgan fingerprint density at radius 2 is 2.23 bits per heavy atom. The molecule has 1 saturated heterocycles. The zero-order valence-corrected chi connectivity index (χ0v) is 15.9. The third-order valence-corrected chi connectivity index (χ3v) is 6.07. The number of nitrogens with zero attached hydrogens (tertiary/aromatic N) is 2. The van der Waals surface area contributed by atoms with E-state index in [4.69, 9.17) is 0 Å². The van der Waals surface area contributed by atoms with Crippen LogP contribution in [0.15, 0.2) is 17.3 Å². The summed E-state index contributed by atoms with van der Waals surface area (Å²) in [4.78, 5) is 28.6. The summed E-state index contributed by atoms with van der Waals surface area (Å²) >= 11 is 0. The van der Waals surface area contributed by atoms with Gasteiger partial charge < -0.3 is 10.4 Å². The summed E-state index contributed by atoms with van der Waals surface area (Å²) in [6.07, 6.45) is 4.19. The molecule has 2 atom stereocenters. The Labute approximate surface area is 154 Å². The van der Waals surface area contributed by atoms with Crippen LogP contribution in [0.3, 0.4) is 0 Å². The standard InChI is InChI=1S/C17H26N3O5S/c1-12(2)7-8-16(23)20(13-5-3-9-18-11-15(13)22)26(24,25)17-14(21)6-4-10-19-17/h4,8,10,12-13,15,18,22H,3,5-7,9,11H2,1-2H3/t13?,15-/m0/s1. The normalized spacial score (nSPS) is 24.3. The average Bonchev–Trinajstić information content (AvgIpc) is 2.78. The van der Waals surface area contributed by atoms with Crippen molar-refractivity contribution < 1.29 is 23.1 Å². The van der Waals surface area contributed by atoms with Crippen molar-refractivity contribution >= 4 is 26.8 Å². The van der Waals surface area contributed by atoms with Crippen LogP contribution in [0.4, 0.5) is 0 Å². The van der Waals surface area contributed by atoms with Crippen LogP contribution in [0.2, 0.25) is 0 Å². The Balaban J connectivity index is 2.41. The number of amides is 1. The van der Waals surface area contributed by atoms with Crippen LogP contribution in [-0.4, -0.2) is 59.8 Å². The molecule has 0 spiro atoms. The average molecular weight is 384 g/mol. The van der Waals surface area contributed by atoms with Gasteiger partial charge in [-0.1, -0.05) is 19.9 Å². The van der Waals surface area contributed by atoms with E-state index in [-0.39, 0.29) is 18.9 Å². The highest BCUT2D eigenvalue weighted by Gasteiger charge is 2.43. The van der Waals surface area contributed by atoms with Gasteiger partial charge in [-0.2, -0.15) is 8.42 Å². The molecule has 0 aromatic heterocycles. The van der Waals surface area contributed by atoms with Crippen molar-refractivity contribution in [1.82, 2.24) is 9.62 Å². The summed E-state index contributed by atoms with van der Waals surface area (Å²) in [7, 11) is -4.46. The van der Waals surface area contributed by atoms with Gasteiger partial charge in [0.1, 0.15) is 0 Å². The predicted molar refractivity (Wildman–Crippen MR) is 97.6 cm³/mol. The molecule has 1 unspecified atom stereocenters. The van der Waals surface area contributed by atoms with E-state index in [1.807, 2.05) is 13.8 Å². The van der Waals surface area contributed by atoms with Gasteiger partial charge in [0.15, 0.2) is 5.78 Å². The number of allylic oxidation sites excluding steroid dienone is 1. The largest absolute Gasteiger partial charge is 0.390 e. The molecule has 0 aromatic carbocycles. The molecule has 2 N–H and O–H groups in total. The monoisotopic (exact) mass is 384 g/mol. The second-order valence-electron chi connectivity index (χ2n) is 6.90. The van der Waals surface area contributed by atoms with Gasteiger partial charge >= 0.3 is 0 Å². The fourth-order valence-electron chi connectivity index (χ4n) is 2.92. The molecule has 8 nitrogen and oxygen atoms in total. The molecule has 0 aliphatic carbocycles. The number of hydrogen-bond donors (Lipinski definition) is 2. The lowest BCUT2D eigenvalue weighted by atomic mass is 10.0. The number of Topliss-reactive ketones (excluding diaryl/α,β-unsaturated/α-hetero) is 1. The molecular weight excluding hydrogens is 358 g/mol. The van der Waals surface area contributed by atoms with E-state index in [2.05, 4.69) is 10.3 Å². The van der Waals surface area contributed by atoms with Crippen LogP contribution in [-0.2, 0) is 19.6 Å². The van der Waals surface area contributed by atoms with Gasteiger partial charge in [0.25, 0.3) is 10.0 Å². The van der Waals surface area contributed by atoms with Crippen molar-refractivity contribution in [3.8, 4) is 0 Å². The molecular formula is C17H26N3O5S. The zero-order chi connectivity index (χ0) is 19.3. The molecule has 0 aromatic rings. The summed E-state index contributed by atoms with van der Waals surface area (Å²) in [5, 5.41) is 12.8. The number of aliphatic imine (C=N–C) groups is 1. The van der Waals surface area contributed by atoms with Crippen molar-refractivity contribution in [3.05, 3.63) is 18.7 Å². The Kier molecular flexibility index (Phi) is 7.08. The Morgan fingerprint density at radius 3 is 2.88 bits per heavy atom. The van der Waals surface area contributed by atoms with E-state index in [1.54, 1.807) is 0 Å². The Hall–Kier alpha value is -1.58. The number of carbonyl (C=O) groups excluding carboxylic acids is 2. The first kappa shape index (κ1) is 20.7. The summed E-state index contributed by atoms with van der Waals surface area (Å²) in [6.45, 7) is 4.61. The summed E-state index contributed by atoms with van der Waals surface area (Å²) < 4.78 is 26.9. The molecule has 145 valence electrons. The molecule has 2 rings (SSSR count). The van der Waals surface area contributed by atoms with E-state index < -0.39 is 38.9 Å². The minimum Gasteiger partial charge on any atom is -0.390 e. The maximum Gasteiger partial charge on any atom is 0.288 e. The minimum atomic E-state index is -4.46. The highest BCUT2D eigenvalue weighted by atomic mass is 32.2. The lowest BCUT2D eigenvalue weighted by molar-refractivity contribution is -0.126. The Morgan fingerprint density at radius 1 is 1.50 bits per heavy atom. The van der Waals surface area contributed by atoms with Crippen LogP contribution in [0.25, 0.3) is 0 Å². The molecule has 0 bridgehead atoms. The third-order valence-electron chi connectivity index (χ3n) is 4.28. The van der Waals surface area contributed by atoms with Crippen LogP contribution in [0.1, 0.15) is 39.5 Å². The predicted octanol–water partition coefficient (Wildman–Crippen LogP) is 0.393. The van der Waals surface area contributed by atoms with Gasteiger partial charge in [-0.25, -0.2) is 9.30 Å². The van der Waals surface area contributed by atoms with Gasteiger partial charge in [-0.3, -0.25) is 9.59 Å². The highest BCUT2D eigenvalue weighted by molar-refractivity contribution is 8.06. The van der Waals surface area contributed by atoms with Crippen molar-refractivity contribution in [2.75, 3.05) is 13.1 Å². The molecule has 9 heteroatoms. The van der Waals surface area contributed by atoms with Gasteiger partial charge in [-0.05, 0) is 31.7 Å². The topological polar surface area (TPSA) is 116 Å². The number of aliphatic hydroxyl groups excluding tert-OH is 1. The van der Waals surface area contributed by atoms with Crippen LogP contribution >= 0.6 is 0 Å². The number of nitrogens with one attached hydrogen (secondary N) is 1. The Bertz CT molecular complexity index is 699. The molecule has 2 heterocycles. The summed E-state index contributed by atoms with van der Waals surface area (Å²) in [5.74, 6) is -1.22. The molecule has 2 aliphatic rings. The summed E-state index contributed by atoms with van der Waals surface area (Å²) in [5.41, 5.74) is 0. The highest BCUT2D eigenvalue weighted by Crippen LogP contribution is 2.23. The van der Waals surface area contributed by atoms with Crippen molar-refractivity contribution in [1.29, 1.82) is 0 Å². The van der Waals surface area contributed by atoms with E-state index in [0.29, 0.717) is 30.1 Å². The van der Waals surface area contributed by atoms with Gasteiger partial charge in [0, 0.05) is 19.2 Å². The number of carbonyl (C=O) groups is 2. The van der Waals surface area contributed by atoms with Crippen molar-refractivity contribution in [2.24, 2.45) is 10.9 Å². The molecule has 0 saturated carbocycles. The lowest BCUT2D eigenvalue weighted by Gasteiger charge is -2.33. The number of rotatable bonds is 4. The van der Waals surface area contributed by atoms with Crippen molar-refractivity contribution in [2.45, 2.75) is 51.7 Å². The number of ketones is 1. The number of β-amino-alcohol motifs (C(OH)–C–C–N with tert-alkyl or cyclic N) is 1. The molecule has 1 fully saturated rings. The van der Waals surface area contributed by atoms with E-state index in [1.165, 1.54) is 18.7 Å². The fourth-order valence-corrected chi connectivity index (χ4v) is 4.58. The quantitative estimate of drug-likeness (QED) is 0.724. The maximum atomic E-state index is 13.1. The third kappa shape index (κ3) is 4.77. The van der Waals surface area contributed by atoms with Crippen LogP contribution in [0, 0.1) is 12.3 Å². The second kappa shape index (κ2) is 8.88. The first-order chi connectivity index (χ1) is 12.2. The van der Waals surface area contributed by atoms with Crippen LogP contribution < -0.4 is 5.32 Å². The van der Waals surface area contributed by atoms with Gasteiger partial charge in [-0.15, -0.1) is 0 Å². The molecule has 1 amide bonds. The van der Waals surface area contributed by atoms with Crippen molar-refractivity contribution in [3.63, 3.8) is 0 Å². The van der Waals surface area contributed by atoms with Gasteiger partial charge in [0.2, 0.25) is 11.0 Å². The zero-order valence-electron chi connectivity index (χ0n) is 15.1. The van der Waals surface area contributed by atoms with E-state index in [9.17, 15) is 23.1 Å². The molecule has 1 radical (unpaired) electrons. The molecule has 26 heavy (non-hydrogen) atoms. The van der Waals surface area contributed by atoms with E-state index >= 15 is 0 Å². The minimum absolute atomic E-state index is 0.0788. The number of aliphatic hydroxyl groups is 1. The number of hydrogen-bond acceptors (Lipinski definition) is 7. The lowest BCUT2D eigenvalue weighted by Crippen LogP contribution is -2.54. The molecule has 2 aliphatic heterocycles. The maximum absolute atomic E-state index is 13.1. The SMILES string of the molecule is CC(C)C[CH]C(=O)N(C1CCCNC[C@@H]1O)S(=O)(=O)C1=NC=CCC1=O. The van der Waals surface area contributed by atoms with Crippen LogP contribution in [0.5, 0.6) is 0 Å². The number of sulfonamides is 1. The smallest absolute Gasteiger partial charge is 0.288 e. The van der Waals surface area contributed by atoms with E-state index in [0.717, 1.165) is 0 Å². The first-order valence-electron chi connectivity index (χ1n) is 8.81. The fraction of sp³-hybridized carbons (Fsp3) is 0.647. The second-order valence-corrected chi connectivity index (χ2v) is 8.63. The van der Waals surface area contributed by atoms with Gasteiger partial charge in [0.05, 0.1) is 18.6 Å². The summed E-state index contributed by atoms with van der Waals surface area (Å²) in [6, 6.07) is -0.938.